The molecule has 0 bridgehead atoms. The van der Waals surface area contributed by atoms with Crippen molar-refractivity contribution in [3.05, 3.63) is 96.1 Å². The number of benzene rings is 3. The number of methoxy groups -OCH3 is 1. The molecule has 3 aromatic rings. The lowest BCUT2D eigenvalue weighted by Gasteiger charge is -2.46. The van der Waals surface area contributed by atoms with E-state index in [-0.39, 0.29) is 23.9 Å². The summed E-state index contributed by atoms with van der Waals surface area (Å²) in [5.41, 5.74) is 2.67. The molecule has 152 valence electrons. The number of ether oxygens (including phenoxy) is 1. The Morgan fingerprint density at radius 1 is 0.933 bits per heavy atom. The second-order valence-corrected chi connectivity index (χ2v) is 7.38. The highest BCUT2D eigenvalue weighted by molar-refractivity contribution is 6.15. The standard InChI is InChI=1S/C25H24N2O3/c1-17(18-9-5-3-6-10-18)26-24(28)22-23(19-13-15-21(30-2)16-14-19)27(25(22)29)20-11-7-4-8-12-20/h3-17,22-23H,1-2H3,(H,26,28)/t17-,22+,23-/m1/s1. The molecule has 0 aromatic heterocycles. The molecule has 5 nitrogen and oxygen atoms in total. The minimum absolute atomic E-state index is 0.186. The Balaban J connectivity index is 1.61. The summed E-state index contributed by atoms with van der Waals surface area (Å²) in [4.78, 5) is 27.9. The van der Waals surface area contributed by atoms with Gasteiger partial charge in [0.2, 0.25) is 11.8 Å². The van der Waals surface area contributed by atoms with E-state index in [0.717, 1.165) is 22.6 Å². The second kappa shape index (κ2) is 8.41. The molecular weight excluding hydrogens is 376 g/mol. The van der Waals surface area contributed by atoms with E-state index >= 15 is 0 Å². The van der Waals surface area contributed by atoms with E-state index in [9.17, 15) is 9.59 Å². The molecule has 4 rings (SSSR count). The molecule has 1 aliphatic rings. The van der Waals surface area contributed by atoms with Crippen molar-refractivity contribution in [2.45, 2.75) is 19.0 Å². The number of nitrogens with zero attached hydrogens (tertiary/aromatic N) is 1. The van der Waals surface area contributed by atoms with Crippen LogP contribution in [-0.2, 0) is 9.59 Å². The van der Waals surface area contributed by atoms with Gasteiger partial charge in [0.25, 0.3) is 0 Å². The first-order chi connectivity index (χ1) is 14.6. The maximum atomic E-state index is 13.1. The third kappa shape index (κ3) is 3.66. The van der Waals surface area contributed by atoms with Gasteiger partial charge in [0.1, 0.15) is 11.7 Å². The number of amides is 2. The van der Waals surface area contributed by atoms with Gasteiger partial charge in [0, 0.05) is 5.69 Å². The molecule has 0 aliphatic carbocycles. The summed E-state index contributed by atoms with van der Waals surface area (Å²) >= 11 is 0. The quantitative estimate of drug-likeness (QED) is 0.496. The van der Waals surface area contributed by atoms with Crippen LogP contribution in [0.4, 0.5) is 5.69 Å². The van der Waals surface area contributed by atoms with Crippen LogP contribution in [0.5, 0.6) is 5.75 Å². The van der Waals surface area contributed by atoms with E-state index in [2.05, 4.69) is 5.32 Å². The zero-order valence-electron chi connectivity index (χ0n) is 17.0. The molecule has 0 unspecified atom stereocenters. The highest BCUT2D eigenvalue weighted by Crippen LogP contribution is 2.44. The Kier molecular flexibility index (Phi) is 5.53. The average molecular weight is 400 g/mol. The Bertz CT molecular complexity index is 1020. The molecule has 1 N–H and O–H groups in total. The van der Waals surface area contributed by atoms with Gasteiger partial charge < -0.3 is 15.0 Å². The van der Waals surface area contributed by atoms with Crippen molar-refractivity contribution in [2.75, 3.05) is 12.0 Å². The fraction of sp³-hybridized carbons (Fsp3) is 0.200. The molecule has 3 aromatic carbocycles. The third-order valence-corrected chi connectivity index (χ3v) is 5.53. The van der Waals surface area contributed by atoms with Crippen LogP contribution < -0.4 is 15.0 Å². The molecular formula is C25H24N2O3. The van der Waals surface area contributed by atoms with Crippen LogP contribution in [0.2, 0.25) is 0 Å². The van der Waals surface area contributed by atoms with Crippen molar-refractivity contribution in [3.8, 4) is 5.75 Å². The summed E-state index contributed by atoms with van der Waals surface area (Å²) in [5, 5.41) is 3.01. The van der Waals surface area contributed by atoms with Crippen molar-refractivity contribution in [2.24, 2.45) is 5.92 Å². The van der Waals surface area contributed by atoms with Crippen molar-refractivity contribution in [3.63, 3.8) is 0 Å². The summed E-state index contributed by atoms with van der Waals surface area (Å²) < 4.78 is 5.25. The molecule has 0 radical (unpaired) electrons. The molecule has 2 amide bonds. The first kappa shape index (κ1) is 19.7. The molecule has 30 heavy (non-hydrogen) atoms. The van der Waals surface area contributed by atoms with E-state index in [1.54, 1.807) is 12.0 Å². The van der Waals surface area contributed by atoms with Gasteiger partial charge in [-0.1, -0.05) is 60.7 Å². The number of rotatable bonds is 6. The fourth-order valence-electron chi connectivity index (χ4n) is 3.89. The fourth-order valence-corrected chi connectivity index (χ4v) is 3.89. The van der Waals surface area contributed by atoms with E-state index < -0.39 is 5.92 Å². The van der Waals surface area contributed by atoms with Crippen LogP contribution in [0.3, 0.4) is 0 Å². The second-order valence-electron chi connectivity index (χ2n) is 7.38. The van der Waals surface area contributed by atoms with Crippen LogP contribution in [-0.4, -0.2) is 18.9 Å². The maximum absolute atomic E-state index is 13.1. The molecule has 1 aliphatic heterocycles. The molecule has 3 atom stereocenters. The van der Waals surface area contributed by atoms with Crippen LogP contribution in [0, 0.1) is 5.92 Å². The summed E-state index contributed by atoms with van der Waals surface area (Å²) in [7, 11) is 1.61. The van der Waals surface area contributed by atoms with Crippen molar-refractivity contribution >= 4 is 17.5 Å². The summed E-state index contributed by atoms with van der Waals surface area (Å²) in [6.07, 6.45) is 0. The lowest BCUT2D eigenvalue weighted by atomic mass is 9.80. The monoisotopic (exact) mass is 400 g/mol. The Labute approximate surface area is 176 Å². The number of β-lactam (4-membered cyclic amide) rings is 1. The highest BCUT2D eigenvalue weighted by atomic mass is 16.5. The lowest BCUT2D eigenvalue weighted by molar-refractivity contribution is -0.141. The first-order valence-electron chi connectivity index (χ1n) is 9.97. The van der Waals surface area contributed by atoms with E-state index in [4.69, 9.17) is 4.74 Å². The van der Waals surface area contributed by atoms with Gasteiger partial charge in [0.05, 0.1) is 19.2 Å². The Morgan fingerprint density at radius 3 is 2.13 bits per heavy atom. The van der Waals surface area contributed by atoms with Gasteiger partial charge in [-0.05, 0) is 42.3 Å². The molecule has 1 heterocycles. The maximum Gasteiger partial charge on any atom is 0.242 e. The SMILES string of the molecule is COc1ccc([C@@H]2[C@@H](C(=O)N[C@H](C)c3ccccc3)C(=O)N2c2ccccc2)cc1. The number of hydrogen-bond donors (Lipinski definition) is 1. The van der Waals surface area contributed by atoms with Gasteiger partial charge >= 0.3 is 0 Å². The summed E-state index contributed by atoms with van der Waals surface area (Å²) in [6, 6.07) is 26.1. The van der Waals surface area contributed by atoms with Crippen molar-refractivity contribution < 1.29 is 14.3 Å². The largest absolute Gasteiger partial charge is 0.497 e. The smallest absolute Gasteiger partial charge is 0.242 e. The van der Waals surface area contributed by atoms with E-state index in [1.807, 2.05) is 91.9 Å². The highest BCUT2D eigenvalue weighted by Gasteiger charge is 2.53. The Hall–Kier alpha value is -3.60. The van der Waals surface area contributed by atoms with Crippen LogP contribution in [0.1, 0.15) is 30.1 Å². The molecule has 0 spiro atoms. The summed E-state index contributed by atoms with van der Waals surface area (Å²) in [5.74, 6) is -0.497. The van der Waals surface area contributed by atoms with Crippen molar-refractivity contribution in [1.29, 1.82) is 0 Å². The zero-order chi connectivity index (χ0) is 21.1. The number of hydrogen-bond acceptors (Lipinski definition) is 3. The zero-order valence-corrected chi connectivity index (χ0v) is 17.0. The van der Waals surface area contributed by atoms with Gasteiger partial charge in [-0.25, -0.2) is 0 Å². The molecule has 1 fully saturated rings. The van der Waals surface area contributed by atoms with Gasteiger partial charge in [-0.15, -0.1) is 0 Å². The third-order valence-electron chi connectivity index (χ3n) is 5.53. The molecule has 1 saturated heterocycles. The number of nitrogens with one attached hydrogen (secondary N) is 1. The van der Waals surface area contributed by atoms with Crippen LogP contribution in [0.25, 0.3) is 0 Å². The minimum atomic E-state index is -0.773. The van der Waals surface area contributed by atoms with Crippen LogP contribution >= 0.6 is 0 Å². The number of anilines is 1. The van der Waals surface area contributed by atoms with E-state index in [1.165, 1.54) is 0 Å². The van der Waals surface area contributed by atoms with Gasteiger partial charge in [0.15, 0.2) is 0 Å². The minimum Gasteiger partial charge on any atom is -0.497 e. The number of carbonyl (C=O) groups excluding carboxylic acids is 2. The van der Waals surface area contributed by atoms with Crippen LogP contribution in [0.15, 0.2) is 84.9 Å². The topological polar surface area (TPSA) is 58.6 Å². The molecule has 0 saturated carbocycles. The number of carbonyl (C=O) groups is 2. The summed E-state index contributed by atoms with van der Waals surface area (Å²) in [6.45, 7) is 1.92. The lowest BCUT2D eigenvalue weighted by Crippen LogP contribution is -2.60. The normalized spacial score (nSPS) is 19.0. The van der Waals surface area contributed by atoms with Gasteiger partial charge in [-0.3, -0.25) is 9.59 Å². The molecule has 5 heteroatoms. The van der Waals surface area contributed by atoms with Gasteiger partial charge in [-0.2, -0.15) is 0 Å². The average Bonchev–Trinajstić information content (AvgIpc) is 2.79. The first-order valence-corrected chi connectivity index (χ1v) is 9.97. The van der Waals surface area contributed by atoms with Crippen molar-refractivity contribution in [1.82, 2.24) is 5.32 Å². The van der Waals surface area contributed by atoms with E-state index in [0.29, 0.717) is 0 Å². The Morgan fingerprint density at radius 2 is 1.53 bits per heavy atom. The predicted octanol–water partition coefficient (Wildman–Crippen LogP) is 4.28. The number of para-hydroxylation sites is 1. The predicted molar refractivity (Wildman–Crippen MR) is 116 cm³/mol.